The number of piperazine rings is 1. The van der Waals surface area contributed by atoms with Gasteiger partial charge in [-0.1, -0.05) is 18.2 Å². The first-order chi connectivity index (χ1) is 12.2. The summed E-state index contributed by atoms with van der Waals surface area (Å²) in [5.74, 6) is 1.00. The van der Waals surface area contributed by atoms with Crippen LogP contribution < -0.4 is 4.74 Å². The minimum Gasteiger partial charge on any atom is -0.493 e. The van der Waals surface area contributed by atoms with Crippen molar-refractivity contribution in [1.82, 2.24) is 9.80 Å². The Morgan fingerprint density at radius 1 is 0.960 bits per heavy atom. The van der Waals surface area contributed by atoms with Gasteiger partial charge in [-0.15, -0.1) is 0 Å². The molecule has 1 fully saturated rings. The van der Waals surface area contributed by atoms with E-state index in [-0.39, 0.29) is 17.7 Å². The zero-order valence-electron chi connectivity index (χ0n) is 13.9. The molecule has 1 aromatic heterocycles. The van der Waals surface area contributed by atoms with Crippen LogP contribution in [0.3, 0.4) is 0 Å². The van der Waals surface area contributed by atoms with Crippen LogP contribution in [0.2, 0.25) is 0 Å². The number of ether oxygens (including phenoxy) is 1. The van der Waals surface area contributed by atoms with Crippen LogP contribution in [0.1, 0.15) is 28.5 Å². The zero-order chi connectivity index (χ0) is 17.2. The van der Waals surface area contributed by atoms with Crippen molar-refractivity contribution in [2.75, 3.05) is 32.8 Å². The van der Waals surface area contributed by atoms with Crippen molar-refractivity contribution in [3.63, 3.8) is 0 Å². The predicted molar refractivity (Wildman–Crippen MR) is 90.5 cm³/mol. The maximum absolute atomic E-state index is 13.0. The highest BCUT2D eigenvalue weighted by atomic mass is 16.5. The number of furan rings is 1. The van der Waals surface area contributed by atoms with Crippen molar-refractivity contribution in [2.24, 2.45) is 0 Å². The summed E-state index contributed by atoms with van der Waals surface area (Å²) >= 11 is 0. The van der Waals surface area contributed by atoms with Crippen molar-refractivity contribution >= 4 is 11.8 Å². The van der Waals surface area contributed by atoms with Gasteiger partial charge >= 0.3 is 0 Å². The first-order valence-electron chi connectivity index (χ1n) is 8.57. The van der Waals surface area contributed by atoms with E-state index in [9.17, 15) is 9.59 Å². The van der Waals surface area contributed by atoms with Crippen molar-refractivity contribution < 1.29 is 18.7 Å². The molecule has 0 N–H and O–H groups in total. The Hall–Kier alpha value is -2.76. The van der Waals surface area contributed by atoms with Crippen LogP contribution in [0.5, 0.6) is 5.75 Å². The van der Waals surface area contributed by atoms with Crippen molar-refractivity contribution in [1.29, 1.82) is 0 Å². The maximum atomic E-state index is 13.0. The lowest BCUT2D eigenvalue weighted by Crippen LogP contribution is -2.51. The number of hydrogen-bond donors (Lipinski definition) is 0. The third-order valence-electron chi connectivity index (χ3n) is 4.87. The summed E-state index contributed by atoms with van der Waals surface area (Å²) in [5.41, 5.74) is 0.966. The number of carbonyl (C=O) groups excluding carboxylic acids is 2. The molecule has 0 bridgehead atoms. The molecule has 1 unspecified atom stereocenters. The Balaban J connectivity index is 1.41. The predicted octanol–water partition coefficient (Wildman–Crippen LogP) is 2.13. The average Bonchev–Trinajstić information content (AvgIpc) is 3.21. The fraction of sp³-hybridized carbons (Fsp3) is 0.368. The van der Waals surface area contributed by atoms with Crippen LogP contribution in [0, 0.1) is 0 Å². The molecular formula is C19H20N2O4. The van der Waals surface area contributed by atoms with Gasteiger partial charge in [0.25, 0.3) is 5.91 Å². The van der Waals surface area contributed by atoms with Gasteiger partial charge in [-0.05, 0) is 24.6 Å². The van der Waals surface area contributed by atoms with Crippen LogP contribution in [-0.2, 0) is 4.79 Å². The van der Waals surface area contributed by atoms with E-state index in [2.05, 4.69) is 0 Å². The minimum atomic E-state index is -0.155. The van der Waals surface area contributed by atoms with Gasteiger partial charge in [-0.2, -0.15) is 0 Å². The fourth-order valence-electron chi connectivity index (χ4n) is 3.50. The summed E-state index contributed by atoms with van der Waals surface area (Å²) in [6.07, 6.45) is 2.19. The van der Waals surface area contributed by atoms with E-state index in [4.69, 9.17) is 9.15 Å². The Morgan fingerprint density at radius 3 is 2.48 bits per heavy atom. The molecule has 3 heterocycles. The number of hydrogen-bond acceptors (Lipinski definition) is 4. The van der Waals surface area contributed by atoms with Crippen LogP contribution in [-0.4, -0.2) is 54.4 Å². The average molecular weight is 340 g/mol. The lowest BCUT2D eigenvalue weighted by Gasteiger charge is -2.37. The molecule has 0 radical (unpaired) electrons. The lowest BCUT2D eigenvalue weighted by molar-refractivity contribution is -0.135. The summed E-state index contributed by atoms with van der Waals surface area (Å²) < 4.78 is 10.8. The first kappa shape index (κ1) is 15.7. The molecule has 6 heteroatoms. The molecule has 1 saturated heterocycles. The van der Waals surface area contributed by atoms with Crippen LogP contribution in [0.4, 0.5) is 0 Å². The summed E-state index contributed by atoms with van der Waals surface area (Å²) in [4.78, 5) is 28.9. The van der Waals surface area contributed by atoms with E-state index >= 15 is 0 Å². The highest BCUT2D eigenvalue weighted by Gasteiger charge is 2.33. The molecule has 6 nitrogen and oxygen atoms in total. The van der Waals surface area contributed by atoms with E-state index in [0.717, 1.165) is 11.3 Å². The number of nitrogens with zero attached hydrogens (tertiary/aromatic N) is 2. The minimum absolute atomic E-state index is 0.117. The summed E-state index contributed by atoms with van der Waals surface area (Å²) in [6, 6.07) is 11.1. The Bertz CT molecular complexity index is 763. The molecule has 1 aromatic carbocycles. The van der Waals surface area contributed by atoms with Gasteiger partial charge in [-0.25, -0.2) is 0 Å². The molecule has 0 spiro atoms. The number of fused-ring (bicyclic) bond motifs is 1. The Morgan fingerprint density at radius 2 is 1.72 bits per heavy atom. The smallest absolute Gasteiger partial charge is 0.289 e. The third kappa shape index (κ3) is 2.99. The molecule has 2 aliphatic heterocycles. The molecule has 2 aromatic rings. The van der Waals surface area contributed by atoms with Gasteiger partial charge < -0.3 is 19.0 Å². The fourth-order valence-corrected chi connectivity index (χ4v) is 3.50. The molecule has 2 aliphatic rings. The number of para-hydroxylation sites is 1. The molecule has 2 amide bonds. The quantitative estimate of drug-likeness (QED) is 0.840. The van der Waals surface area contributed by atoms with Crippen molar-refractivity contribution in [3.05, 3.63) is 54.0 Å². The van der Waals surface area contributed by atoms with Crippen molar-refractivity contribution in [3.8, 4) is 5.75 Å². The Labute approximate surface area is 146 Å². The summed E-state index contributed by atoms with van der Waals surface area (Å²) in [6.45, 7) is 2.70. The summed E-state index contributed by atoms with van der Waals surface area (Å²) in [7, 11) is 0. The molecular weight excluding hydrogens is 320 g/mol. The van der Waals surface area contributed by atoms with Crippen LogP contribution in [0.15, 0.2) is 47.1 Å². The van der Waals surface area contributed by atoms with Gasteiger partial charge in [0.05, 0.1) is 18.8 Å². The van der Waals surface area contributed by atoms with Gasteiger partial charge in [0.2, 0.25) is 5.91 Å². The van der Waals surface area contributed by atoms with E-state index in [1.807, 2.05) is 29.2 Å². The van der Waals surface area contributed by atoms with Gasteiger partial charge in [0.1, 0.15) is 5.75 Å². The molecule has 4 rings (SSSR count). The molecule has 130 valence electrons. The molecule has 25 heavy (non-hydrogen) atoms. The number of rotatable bonds is 2. The monoisotopic (exact) mass is 340 g/mol. The number of carbonyl (C=O) groups is 2. The molecule has 0 saturated carbocycles. The van der Waals surface area contributed by atoms with Gasteiger partial charge in [0.15, 0.2) is 5.76 Å². The SMILES string of the molecule is O=C(c1ccco1)N1CCN(C(=O)C2CCOc3ccccc32)CC1. The number of amides is 2. The summed E-state index contributed by atoms with van der Waals surface area (Å²) in [5, 5.41) is 0. The highest BCUT2D eigenvalue weighted by molar-refractivity contribution is 5.92. The Kier molecular flexibility index (Phi) is 4.17. The second-order valence-electron chi connectivity index (χ2n) is 6.32. The van der Waals surface area contributed by atoms with Crippen LogP contribution in [0.25, 0.3) is 0 Å². The molecule has 0 aliphatic carbocycles. The van der Waals surface area contributed by atoms with Crippen molar-refractivity contribution in [2.45, 2.75) is 12.3 Å². The van der Waals surface area contributed by atoms with E-state index in [1.54, 1.807) is 17.0 Å². The topological polar surface area (TPSA) is 63.0 Å². The highest BCUT2D eigenvalue weighted by Crippen LogP contribution is 2.34. The number of benzene rings is 1. The second-order valence-corrected chi connectivity index (χ2v) is 6.32. The maximum Gasteiger partial charge on any atom is 0.289 e. The van der Waals surface area contributed by atoms with E-state index in [1.165, 1.54) is 6.26 Å². The zero-order valence-corrected chi connectivity index (χ0v) is 13.9. The van der Waals surface area contributed by atoms with Gasteiger partial charge in [0, 0.05) is 31.7 Å². The van der Waals surface area contributed by atoms with Gasteiger partial charge in [-0.3, -0.25) is 9.59 Å². The third-order valence-corrected chi connectivity index (χ3v) is 4.87. The second kappa shape index (κ2) is 6.63. The first-order valence-corrected chi connectivity index (χ1v) is 8.57. The van der Waals surface area contributed by atoms with Crippen LogP contribution >= 0.6 is 0 Å². The van der Waals surface area contributed by atoms with E-state index < -0.39 is 0 Å². The molecule has 1 atom stereocenters. The van der Waals surface area contributed by atoms with E-state index in [0.29, 0.717) is 45.0 Å². The standard InChI is InChI=1S/C19H20N2O4/c22-18(15-7-13-25-16-5-2-1-4-14(15)16)20-8-10-21(11-9-20)19(23)17-6-3-12-24-17/h1-6,12,15H,7-11,13H2. The largest absolute Gasteiger partial charge is 0.493 e. The lowest BCUT2D eigenvalue weighted by atomic mass is 9.91. The normalized spacial score (nSPS) is 19.9.